The average molecular weight is 417 g/mol. The van der Waals surface area contributed by atoms with E-state index in [1.54, 1.807) is 0 Å². The molecule has 0 aromatic heterocycles. The fourth-order valence-corrected chi connectivity index (χ4v) is 6.25. The van der Waals surface area contributed by atoms with Crippen LogP contribution in [0.1, 0.15) is 97.3 Å². The van der Waals surface area contributed by atoms with Gasteiger partial charge in [0.2, 0.25) is 0 Å². The molecule has 30 heavy (non-hydrogen) atoms. The highest BCUT2D eigenvalue weighted by atomic mass is 16.5. The molecule has 2 heteroatoms. The van der Waals surface area contributed by atoms with Crippen LogP contribution in [0, 0.1) is 29.6 Å². The van der Waals surface area contributed by atoms with Crippen LogP contribution >= 0.6 is 0 Å². The smallest absolute Gasteiger partial charge is 0.0642 e. The third-order valence-electron chi connectivity index (χ3n) is 8.25. The number of allylic oxidation sites excluding steroid dienone is 3. The van der Waals surface area contributed by atoms with E-state index in [1.165, 1.54) is 70.6 Å². The first-order valence-corrected chi connectivity index (χ1v) is 13.1. The Morgan fingerprint density at radius 2 is 1.50 bits per heavy atom. The van der Waals surface area contributed by atoms with Gasteiger partial charge in [-0.2, -0.15) is 0 Å². The van der Waals surface area contributed by atoms with E-state index in [9.17, 15) is 0 Å². The zero-order valence-electron chi connectivity index (χ0n) is 20.1. The van der Waals surface area contributed by atoms with Gasteiger partial charge in [0.15, 0.2) is 0 Å². The van der Waals surface area contributed by atoms with E-state index in [0.717, 1.165) is 37.2 Å². The Hall–Kier alpha value is -0.600. The van der Waals surface area contributed by atoms with Gasteiger partial charge in [0.05, 0.1) is 12.2 Å². The second-order valence-corrected chi connectivity index (χ2v) is 10.5. The summed E-state index contributed by atoms with van der Waals surface area (Å²) in [6.07, 6.45) is 28.0. The molecule has 0 aliphatic heterocycles. The zero-order chi connectivity index (χ0) is 21.2. The van der Waals surface area contributed by atoms with Crippen LogP contribution in [0.5, 0.6) is 0 Å². The van der Waals surface area contributed by atoms with Gasteiger partial charge < -0.3 is 9.47 Å². The highest BCUT2D eigenvalue weighted by Crippen LogP contribution is 2.36. The number of hydrogen-bond acceptors (Lipinski definition) is 2. The fraction of sp³-hybridized carbons (Fsp3) is 0.857. The quantitative estimate of drug-likeness (QED) is 0.283. The minimum absolute atomic E-state index is 0.382. The van der Waals surface area contributed by atoms with Crippen LogP contribution < -0.4 is 0 Å². The van der Waals surface area contributed by atoms with E-state index in [1.807, 2.05) is 7.11 Å². The lowest BCUT2D eigenvalue weighted by Crippen LogP contribution is -2.39. The molecule has 0 amide bonds. The standard InChI is InChI=1S/C28H48O2/c1-4-9-23-13-15-25(16-14-23)17-18-26-21-27(29-3)22(2)20-28(26)30-19-8-12-24-10-6-5-7-11-24/h4,9,17-18,22-28H,5-8,10-16,19-21H2,1-3H3. The molecule has 3 fully saturated rings. The molecule has 0 aromatic rings. The lowest BCUT2D eigenvalue weighted by molar-refractivity contribution is -0.0668. The molecule has 0 heterocycles. The topological polar surface area (TPSA) is 18.5 Å². The Labute approximate surface area is 186 Å². The third kappa shape index (κ3) is 7.52. The van der Waals surface area contributed by atoms with Gasteiger partial charge in [-0.15, -0.1) is 0 Å². The van der Waals surface area contributed by atoms with Crippen molar-refractivity contribution in [3.63, 3.8) is 0 Å². The molecule has 3 aliphatic carbocycles. The van der Waals surface area contributed by atoms with E-state index in [2.05, 4.69) is 38.2 Å². The summed E-state index contributed by atoms with van der Waals surface area (Å²) in [5.74, 6) is 3.67. The summed E-state index contributed by atoms with van der Waals surface area (Å²) in [7, 11) is 1.88. The van der Waals surface area contributed by atoms with E-state index in [4.69, 9.17) is 9.47 Å². The molecule has 3 rings (SSSR count). The van der Waals surface area contributed by atoms with Crippen molar-refractivity contribution in [2.75, 3.05) is 13.7 Å². The third-order valence-corrected chi connectivity index (χ3v) is 8.25. The molecule has 3 aliphatic rings. The van der Waals surface area contributed by atoms with Crippen LogP contribution in [0.25, 0.3) is 0 Å². The number of ether oxygens (including phenoxy) is 2. The Bertz CT molecular complexity index is 511. The van der Waals surface area contributed by atoms with Gasteiger partial charge in [-0.25, -0.2) is 0 Å². The van der Waals surface area contributed by atoms with Gasteiger partial charge in [-0.3, -0.25) is 0 Å². The Morgan fingerprint density at radius 3 is 2.17 bits per heavy atom. The van der Waals surface area contributed by atoms with Gasteiger partial charge in [0.25, 0.3) is 0 Å². The minimum atomic E-state index is 0.382. The van der Waals surface area contributed by atoms with Crippen LogP contribution in [0.15, 0.2) is 24.3 Å². The van der Waals surface area contributed by atoms with Crippen LogP contribution in [-0.2, 0) is 9.47 Å². The van der Waals surface area contributed by atoms with Crippen molar-refractivity contribution < 1.29 is 9.47 Å². The Kier molecular flexibility index (Phi) is 10.5. The number of methoxy groups -OCH3 is 1. The lowest BCUT2D eigenvalue weighted by Gasteiger charge is -2.38. The molecule has 172 valence electrons. The Balaban J connectivity index is 1.47. The predicted molar refractivity (Wildman–Crippen MR) is 128 cm³/mol. The zero-order valence-corrected chi connectivity index (χ0v) is 20.1. The minimum Gasteiger partial charge on any atom is -0.381 e. The number of hydrogen-bond donors (Lipinski definition) is 0. The Morgan fingerprint density at radius 1 is 0.800 bits per heavy atom. The molecule has 4 unspecified atom stereocenters. The summed E-state index contributed by atoms with van der Waals surface area (Å²) in [5.41, 5.74) is 0. The SMILES string of the molecule is CC=CC1CCC(C=CC2CC(OC)C(C)CC2OCCCC2CCCCC2)CC1. The summed E-state index contributed by atoms with van der Waals surface area (Å²) >= 11 is 0. The first-order valence-electron chi connectivity index (χ1n) is 13.1. The normalized spacial score (nSPS) is 36.6. The summed E-state index contributed by atoms with van der Waals surface area (Å²) in [6, 6.07) is 0. The van der Waals surface area contributed by atoms with E-state index >= 15 is 0 Å². The van der Waals surface area contributed by atoms with Gasteiger partial charge in [-0.1, -0.05) is 63.3 Å². The maximum atomic E-state index is 6.52. The maximum absolute atomic E-state index is 6.52. The van der Waals surface area contributed by atoms with E-state index in [0.29, 0.717) is 24.0 Å². The van der Waals surface area contributed by atoms with E-state index in [-0.39, 0.29) is 0 Å². The maximum Gasteiger partial charge on any atom is 0.0642 e. The molecular formula is C28H48O2. The molecule has 0 aromatic carbocycles. The van der Waals surface area contributed by atoms with Crippen molar-refractivity contribution in [2.24, 2.45) is 29.6 Å². The van der Waals surface area contributed by atoms with Crippen molar-refractivity contribution in [3.05, 3.63) is 24.3 Å². The van der Waals surface area contributed by atoms with Crippen molar-refractivity contribution in [1.82, 2.24) is 0 Å². The van der Waals surface area contributed by atoms with Crippen LogP contribution in [-0.4, -0.2) is 25.9 Å². The summed E-state index contributed by atoms with van der Waals surface area (Å²) in [5, 5.41) is 0. The molecule has 0 saturated heterocycles. The monoisotopic (exact) mass is 416 g/mol. The summed E-state index contributed by atoms with van der Waals surface area (Å²) in [6.45, 7) is 5.44. The van der Waals surface area contributed by atoms with Crippen LogP contribution in [0.4, 0.5) is 0 Å². The van der Waals surface area contributed by atoms with Gasteiger partial charge in [0, 0.05) is 19.6 Å². The molecule has 0 radical (unpaired) electrons. The van der Waals surface area contributed by atoms with Gasteiger partial charge in [0.1, 0.15) is 0 Å². The molecule has 0 bridgehead atoms. The highest BCUT2D eigenvalue weighted by Gasteiger charge is 2.34. The summed E-state index contributed by atoms with van der Waals surface area (Å²) < 4.78 is 12.3. The molecule has 0 N–H and O–H groups in total. The molecular weight excluding hydrogens is 368 g/mol. The highest BCUT2D eigenvalue weighted by molar-refractivity contribution is 5.02. The first kappa shape index (κ1) is 24.1. The van der Waals surface area contributed by atoms with Crippen LogP contribution in [0.2, 0.25) is 0 Å². The summed E-state index contributed by atoms with van der Waals surface area (Å²) in [4.78, 5) is 0. The van der Waals surface area contributed by atoms with Crippen molar-refractivity contribution in [1.29, 1.82) is 0 Å². The van der Waals surface area contributed by atoms with Gasteiger partial charge in [-0.05, 0) is 82.0 Å². The molecule has 0 spiro atoms. The van der Waals surface area contributed by atoms with Crippen molar-refractivity contribution in [3.8, 4) is 0 Å². The first-order chi connectivity index (χ1) is 14.7. The molecule has 2 nitrogen and oxygen atoms in total. The lowest BCUT2D eigenvalue weighted by atomic mass is 9.76. The van der Waals surface area contributed by atoms with Gasteiger partial charge >= 0.3 is 0 Å². The van der Waals surface area contributed by atoms with Crippen LogP contribution in [0.3, 0.4) is 0 Å². The van der Waals surface area contributed by atoms with Crippen molar-refractivity contribution in [2.45, 2.75) is 110 Å². The second-order valence-electron chi connectivity index (χ2n) is 10.5. The largest absolute Gasteiger partial charge is 0.381 e. The fourth-order valence-electron chi connectivity index (χ4n) is 6.25. The van der Waals surface area contributed by atoms with E-state index < -0.39 is 0 Å². The van der Waals surface area contributed by atoms with Crippen molar-refractivity contribution >= 4 is 0 Å². The average Bonchev–Trinajstić information content (AvgIpc) is 2.78. The predicted octanol–water partition coefficient (Wildman–Crippen LogP) is 7.73. The second kappa shape index (κ2) is 13.1. The molecule has 3 saturated carbocycles. The number of rotatable bonds is 9. The molecule has 4 atom stereocenters.